The second kappa shape index (κ2) is 8.45. The van der Waals surface area contributed by atoms with Crippen molar-refractivity contribution in [1.29, 1.82) is 5.26 Å². The molecule has 0 saturated heterocycles. The van der Waals surface area contributed by atoms with Crippen molar-refractivity contribution in [3.05, 3.63) is 72.2 Å². The van der Waals surface area contributed by atoms with E-state index in [1.165, 1.54) is 12.4 Å². The number of aromatic nitrogens is 2. The number of hydrogen-bond acceptors (Lipinski definition) is 6. The number of ether oxygens (including phenoxy) is 1. The van der Waals surface area contributed by atoms with Crippen LogP contribution in [0, 0.1) is 11.3 Å². The molecule has 7 heteroatoms. The predicted molar refractivity (Wildman–Crippen MR) is 102 cm³/mol. The summed E-state index contributed by atoms with van der Waals surface area (Å²) in [6, 6.07) is 16.1. The van der Waals surface area contributed by atoms with Gasteiger partial charge in [0.05, 0.1) is 30.6 Å². The smallest absolute Gasteiger partial charge is 0.275 e. The fourth-order valence-electron chi connectivity index (χ4n) is 2.32. The molecule has 1 aromatic heterocycles. The average molecular weight is 359 g/mol. The molecule has 0 aliphatic carbocycles. The molecule has 0 spiro atoms. The van der Waals surface area contributed by atoms with Crippen molar-refractivity contribution >= 4 is 23.1 Å². The molecule has 7 nitrogen and oxygen atoms in total. The van der Waals surface area contributed by atoms with Gasteiger partial charge in [-0.15, -0.1) is 0 Å². The van der Waals surface area contributed by atoms with Crippen molar-refractivity contribution in [2.24, 2.45) is 0 Å². The van der Waals surface area contributed by atoms with E-state index in [0.717, 1.165) is 11.4 Å². The summed E-state index contributed by atoms with van der Waals surface area (Å²) < 4.78 is 5.40. The van der Waals surface area contributed by atoms with Gasteiger partial charge in [0.1, 0.15) is 17.3 Å². The first-order valence-electron chi connectivity index (χ1n) is 8.31. The number of nitriles is 1. The number of nitrogens with zero attached hydrogens (tertiary/aromatic N) is 3. The largest absolute Gasteiger partial charge is 0.494 e. The van der Waals surface area contributed by atoms with Crippen LogP contribution in [0.25, 0.3) is 0 Å². The van der Waals surface area contributed by atoms with Crippen LogP contribution in [0.2, 0.25) is 0 Å². The van der Waals surface area contributed by atoms with Crippen molar-refractivity contribution < 1.29 is 9.53 Å². The van der Waals surface area contributed by atoms with Crippen molar-refractivity contribution in [2.45, 2.75) is 6.92 Å². The normalized spacial score (nSPS) is 9.93. The minimum absolute atomic E-state index is 0.176. The van der Waals surface area contributed by atoms with E-state index in [0.29, 0.717) is 23.7 Å². The minimum Gasteiger partial charge on any atom is -0.494 e. The Labute approximate surface area is 156 Å². The van der Waals surface area contributed by atoms with Gasteiger partial charge in [0.15, 0.2) is 0 Å². The molecule has 0 fully saturated rings. The molecule has 0 bridgehead atoms. The van der Waals surface area contributed by atoms with Gasteiger partial charge in [-0.1, -0.05) is 6.07 Å². The highest BCUT2D eigenvalue weighted by molar-refractivity contribution is 6.02. The van der Waals surface area contributed by atoms with E-state index in [1.54, 1.807) is 24.3 Å². The molecule has 0 aliphatic heterocycles. The monoisotopic (exact) mass is 359 g/mol. The predicted octanol–water partition coefficient (Wildman–Crippen LogP) is 3.74. The summed E-state index contributed by atoms with van der Waals surface area (Å²) >= 11 is 0. The third-order valence-electron chi connectivity index (χ3n) is 3.57. The molecule has 0 saturated carbocycles. The molecule has 134 valence electrons. The number of hydrogen-bond donors (Lipinski definition) is 2. The Balaban J connectivity index is 1.64. The van der Waals surface area contributed by atoms with Crippen molar-refractivity contribution in [1.82, 2.24) is 9.97 Å². The van der Waals surface area contributed by atoms with Gasteiger partial charge in [0.25, 0.3) is 5.91 Å². The molecule has 2 aromatic carbocycles. The van der Waals surface area contributed by atoms with Crippen molar-refractivity contribution in [3.63, 3.8) is 0 Å². The third-order valence-corrected chi connectivity index (χ3v) is 3.57. The van der Waals surface area contributed by atoms with Gasteiger partial charge in [-0.25, -0.2) is 9.97 Å². The second-order valence-corrected chi connectivity index (χ2v) is 5.52. The Morgan fingerprint density at radius 3 is 2.59 bits per heavy atom. The van der Waals surface area contributed by atoms with Crippen LogP contribution < -0.4 is 15.4 Å². The maximum atomic E-state index is 12.3. The molecule has 0 atom stereocenters. The maximum absolute atomic E-state index is 12.3. The Morgan fingerprint density at radius 2 is 1.93 bits per heavy atom. The zero-order valence-electron chi connectivity index (χ0n) is 14.6. The molecule has 3 rings (SSSR count). The summed E-state index contributed by atoms with van der Waals surface area (Å²) in [5.41, 5.74) is 2.00. The average Bonchev–Trinajstić information content (AvgIpc) is 2.70. The van der Waals surface area contributed by atoms with Crippen LogP contribution in [0.4, 0.5) is 17.2 Å². The van der Waals surface area contributed by atoms with Gasteiger partial charge in [-0.3, -0.25) is 4.79 Å². The van der Waals surface area contributed by atoms with Crippen LogP contribution in [0.3, 0.4) is 0 Å². The summed E-state index contributed by atoms with van der Waals surface area (Å²) in [5, 5.41) is 14.7. The van der Waals surface area contributed by atoms with Gasteiger partial charge < -0.3 is 15.4 Å². The summed E-state index contributed by atoms with van der Waals surface area (Å²) in [4.78, 5) is 20.6. The zero-order valence-corrected chi connectivity index (χ0v) is 14.6. The fraction of sp³-hybridized carbons (Fsp3) is 0.100. The maximum Gasteiger partial charge on any atom is 0.275 e. The quantitative estimate of drug-likeness (QED) is 0.695. The number of anilines is 3. The highest BCUT2D eigenvalue weighted by atomic mass is 16.5. The Kier molecular flexibility index (Phi) is 5.60. The van der Waals surface area contributed by atoms with E-state index < -0.39 is 5.91 Å². The van der Waals surface area contributed by atoms with E-state index in [4.69, 9.17) is 10.00 Å². The first-order valence-corrected chi connectivity index (χ1v) is 8.31. The van der Waals surface area contributed by atoms with E-state index in [9.17, 15) is 4.79 Å². The first-order chi connectivity index (χ1) is 13.2. The van der Waals surface area contributed by atoms with Crippen LogP contribution in [0.1, 0.15) is 23.0 Å². The standard InChI is InChI=1S/C20H17N5O2/c1-2-27-17-8-6-15(7-9-17)24-19-13-22-18(12-23-19)20(26)25-16-5-3-4-14(10-16)11-21/h3-10,12-13H,2H2,1H3,(H,23,24)(H,25,26). The molecule has 27 heavy (non-hydrogen) atoms. The summed E-state index contributed by atoms with van der Waals surface area (Å²) in [5.74, 6) is 0.911. The molecule has 3 aromatic rings. The van der Waals surface area contributed by atoms with Crippen LogP contribution in [0.15, 0.2) is 60.9 Å². The number of rotatable bonds is 6. The topological polar surface area (TPSA) is 99.9 Å². The Bertz CT molecular complexity index is 963. The molecule has 0 radical (unpaired) electrons. The number of amides is 1. The summed E-state index contributed by atoms with van der Waals surface area (Å²) in [6.07, 6.45) is 2.87. The van der Waals surface area contributed by atoms with Crippen LogP contribution >= 0.6 is 0 Å². The van der Waals surface area contributed by atoms with E-state index in [1.807, 2.05) is 37.3 Å². The summed E-state index contributed by atoms with van der Waals surface area (Å²) in [6.45, 7) is 2.54. The van der Waals surface area contributed by atoms with Crippen molar-refractivity contribution in [2.75, 3.05) is 17.2 Å². The van der Waals surface area contributed by atoms with Crippen LogP contribution in [-0.4, -0.2) is 22.5 Å². The number of carbonyl (C=O) groups is 1. The number of nitrogens with one attached hydrogen (secondary N) is 2. The lowest BCUT2D eigenvalue weighted by Gasteiger charge is -2.08. The summed E-state index contributed by atoms with van der Waals surface area (Å²) in [7, 11) is 0. The highest BCUT2D eigenvalue weighted by Crippen LogP contribution is 2.18. The lowest BCUT2D eigenvalue weighted by Crippen LogP contribution is -2.14. The number of benzene rings is 2. The number of carbonyl (C=O) groups excluding carboxylic acids is 1. The van der Waals surface area contributed by atoms with Gasteiger partial charge in [-0.05, 0) is 49.4 Å². The van der Waals surface area contributed by atoms with E-state index in [-0.39, 0.29) is 5.69 Å². The lowest BCUT2D eigenvalue weighted by molar-refractivity contribution is 0.102. The molecule has 0 aliphatic rings. The van der Waals surface area contributed by atoms with Gasteiger partial charge >= 0.3 is 0 Å². The highest BCUT2D eigenvalue weighted by Gasteiger charge is 2.09. The van der Waals surface area contributed by atoms with E-state index in [2.05, 4.69) is 20.6 Å². The third kappa shape index (κ3) is 4.80. The first kappa shape index (κ1) is 17.9. The minimum atomic E-state index is -0.398. The molecule has 1 heterocycles. The lowest BCUT2D eigenvalue weighted by atomic mass is 10.2. The van der Waals surface area contributed by atoms with Gasteiger partial charge in [-0.2, -0.15) is 5.26 Å². The molecular weight excluding hydrogens is 342 g/mol. The SMILES string of the molecule is CCOc1ccc(Nc2cnc(C(=O)Nc3cccc(C#N)c3)cn2)cc1. The van der Waals surface area contributed by atoms with Gasteiger partial charge in [0.2, 0.25) is 0 Å². The van der Waals surface area contributed by atoms with Gasteiger partial charge in [0, 0.05) is 11.4 Å². The molecule has 0 unspecified atom stereocenters. The second-order valence-electron chi connectivity index (χ2n) is 5.52. The van der Waals surface area contributed by atoms with Crippen LogP contribution in [-0.2, 0) is 0 Å². The Hall–Kier alpha value is -3.92. The molecular formula is C20H17N5O2. The fourth-order valence-corrected chi connectivity index (χ4v) is 2.32. The Morgan fingerprint density at radius 1 is 1.11 bits per heavy atom. The molecule has 1 amide bonds. The van der Waals surface area contributed by atoms with E-state index >= 15 is 0 Å². The zero-order chi connectivity index (χ0) is 19.1. The van der Waals surface area contributed by atoms with Crippen LogP contribution in [0.5, 0.6) is 5.75 Å². The molecule has 2 N–H and O–H groups in total. The van der Waals surface area contributed by atoms with Crippen molar-refractivity contribution in [3.8, 4) is 11.8 Å².